The summed E-state index contributed by atoms with van der Waals surface area (Å²) >= 11 is 0. The summed E-state index contributed by atoms with van der Waals surface area (Å²) < 4.78 is 40.4. The second-order valence-electron chi connectivity index (χ2n) is 7.76. The number of para-hydroxylation sites is 1. The molecule has 0 atom stereocenters. The average Bonchev–Trinajstić information content (AvgIpc) is 2.92. The summed E-state index contributed by atoms with van der Waals surface area (Å²) in [4.78, 5) is 0. The van der Waals surface area contributed by atoms with E-state index in [1.54, 1.807) is 12.1 Å². The Morgan fingerprint density at radius 3 is 2.47 bits per heavy atom. The summed E-state index contributed by atoms with van der Waals surface area (Å²) in [5, 5.41) is 6.40. The number of ether oxygens (including phenoxy) is 1. The maximum atomic E-state index is 11.1. The molecule has 0 amide bonds. The highest BCUT2D eigenvalue weighted by atomic mass is 32.2. The van der Waals surface area contributed by atoms with Crippen molar-refractivity contribution in [2.24, 2.45) is 5.10 Å². The summed E-state index contributed by atoms with van der Waals surface area (Å²) in [7, 11) is -0.757. The van der Waals surface area contributed by atoms with Crippen LogP contribution in [0.1, 0.15) is 25.8 Å². The minimum absolute atomic E-state index is 0.252. The third-order valence-electron chi connectivity index (χ3n) is 5.37. The van der Waals surface area contributed by atoms with Crippen LogP contribution in [0.3, 0.4) is 0 Å². The zero-order chi connectivity index (χ0) is 21.9. The molecule has 8 heteroatoms. The van der Waals surface area contributed by atoms with E-state index >= 15 is 0 Å². The number of fused-ring (bicyclic) bond motifs is 1. The van der Waals surface area contributed by atoms with Crippen LogP contribution < -0.4 is 9.75 Å². The van der Waals surface area contributed by atoms with E-state index in [2.05, 4.69) is 29.6 Å². The fourth-order valence-corrected chi connectivity index (χ4v) is 4.20. The Hall–Kier alpha value is -2.71. The van der Waals surface area contributed by atoms with Gasteiger partial charge in [0, 0.05) is 30.9 Å². The van der Waals surface area contributed by atoms with Crippen molar-refractivity contribution in [1.82, 2.24) is 0 Å². The molecular weight excluding hydrogens is 402 g/mol. The fraction of sp³-hybridized carbons (Fsp3) is 0.364. The Labute approximate surface area is 178 Å². The van der Waals surface area contributed by atoms with Gasteiger partial charge in [-0.2, -0.15) is 9.68 Å². The number of nitrogens with zero attached hydrogens (tertiary/aromatic N) is 3. The molecule has 7 nitrogen and oxygen atoms in total. The molecule has 0 aliphatic carbocycles. The predicted octanol–water partition coefficient (Wildman–Crippen LogP) is 3.13. The molecule has 1 heterocycles. The van der Waals surface area contributed by atoms with Gasteiger partial charge in [0.2, 0.25) is 11.4 Å². The highest BCUT2D eigenvalue weighted by Gasteiger charge is 2.44. The van der Waals surface area contributed by atoms with E-state index in [-0.39, 0.29) is 17.6 Å². The van der Waals surface area contributed by atoms with Gasteiger partial charge in [-0.1, -0.05) is 18.2 Å². The van der Waals surface area contributed by atoms with Gasteiger partial charge in [-0.3, -0.25) is 5.01 Å². The molecule has 0 aromatic heterocycles. The van der Waals surface area contributed by atoms with E-state index in [1.807, 2.05) is 55.7 Å². The van der Waals surface area contributed by atoms with E-state index in [9.17, 15) is 13.0 Å². The van der Waals surface area contributed by atoms with Gasteiger partial charge in [-0.25, -0.2) is 8.42 Å². The lowest BCUT2D eigenvalue weighted by molar-refractivity contribution is -0.436. The van der Waals surface area contributed by atoms with Crippen molar-refractivity contribution in [3.8, 4) is 5.75 Å². The molecule has 1 aliphatic rings. The van der Waals surface area contributed by atoms with Crippen molar-refractivity contribution < 1.29 is 22.3 Å². The standard InChI is InChI=1S/C22H27N3O4S/c1-22(2)19-8-5-6-9-20(19)25(14-7-15-30(26,27)28)21(22)16-23-24(3)17-10-12-18(29-4)13-11-17/h5-6,8-13,16H,7,14-15H2,1-4H3. The van der Waals surface area contributed by atoms with Crippen LogP contribution in [-0.4, -0.2) is 55.9 Å². The summed E-state index contributed by atoms with van der Waals surface area (Å²) in [6.07, 6.45) is 2.07. The zero-order valence-electron chi connectivity index (χ0n) is 17.7. The number of rotatable bonds is 8. The molecule has 1 aliphatic heterocycles. The molecule has 30 heavy (non-hydrogen) atoms. The lowest BCUT2D eigenvalue weighted by Crippen LogP contribution is -2.32. The van der Waals surface area contributed by atoms with E-state index in [0.29, 0.717) is 6.54 Å². The van der Waals surface area contributed by atoms with Crippen molar-refractivity contribution in [1.29, 1.82) is 0 Å². The van der Waals surface area contributed by atoms with Crippen LogP contribution in [0.4, 0.5) is 11.4 Å². The first kappa shape index (κ1) is 22.0. The second kappa shape index (κ2) is 8.57. The van der Waals surface area contributed by atoms with Crippen LogP contribution in [0.25, 0.3) is 0 Å². The summed E-state index contributed by atoms with van der Waals surface area (Å²) in [5.74, 6) is 0.389. The molecular formula is C22H27N3O4S. The number of anilines is 1. The molecule has 0 unspecified atom stereocenters. The van der Waals surface area contributed by atoms with Gasteiger partial charge in [0.25, 0.3) is 0 Å². The second-order valence-corrected chi connectivity index (χ2v) is 9.28. The minimum atomic E-state index is -4.24. The van der Waals surface area contributed by atoms with Gasteiger partial charge < -0.3 is 9.29 Å². The van der Waals surface area contributed by atoms with E-state index in [1.165, 1.54) is 0 Å². The Morgan fingerprint density at radius 1 is 1.17 bits per heavy atom. The Kier molecular flexibility index (Phi) is 6.28. The Morgan fingerprint density at radius 2 is 1.83 bits per heavy atom. The van der Waals surface area contributed by atoms with E-state index in [0.717, 1.165) is 28.4 Å². The molecule has 0 spiro atoms. The van der Waals surface area contributed by atoms with Crippen LogP contribution >= 0.6 is 0 Å². The molecule has 0 fully saturated rings. The van der Waals surface area contributed by atoms with Gasteiger partial charge in [0.1, 0.15) is 18.5 Å². The van der Waals surface area contributed by atoms with Gasteiger partial charge in [-0.05, 0) is 38.1 Å². The summed E-state index contributed by atoms with van der Waals surface area (Å²) in [6, 6.07) is 15.6. The van der Waals surface area contributed by atoms with Gasteiger partial charge in [0.15, 0.2) is 0 Å². The molecule has 0 saturated heterocycles. The molecule has 0 bridgehead atoms. The number of hydrazone groups is 1. The van der Waals surface area contributed by atoms with Crippen LogP contribution in [0.2, 0.25) is 0 Å². The van der Waals surface area contributed by atoms with E-state index < -0.39 is 10.1 Å². The zero-order valence-corrected chi connectivity index (χ0v) is 18.5. The quantitative estimate of drug-likeness (QED) is 0.279. The third kappa shape index (κ3) is 4.71. The number of methoxy groups -OCH3 is 1. The van der Waals surface area contributed by atoms with Gasteiger partial charge in [0.05, 0.1) is 28.3 Å². The van der Waals surface area contributed by atoms with E-state index in [4.69, 9.17) is 4.74 Å². The number of hydrogen-bond donors (Lipinski definition) is 0. The van der Waals surface area contributed by atoms with Crippen LogP contribution in [-0.2, 0) is 15.5 Å². The molecule has 0 N–H and O–H groups in total. The van der Waals surface area contributed by atoms with Crippen LogP contribution in [0, 0.1) is 0 Å². The van der Waals surface area contributed by atoms with Crippen molar-refractivity contribution in [3.05, 3.63) is 54.1 Å². The normalized spacial score (nSPS) is 15.5. The van der Waals surface area contributed by atoms with Gasteiger partial charge >= 0.3 is 0 Å². The Balaban J connectivity index is 1.92. The van der Waals surface area contributed by atoms with Crippen molar-refractivity contribution in [2.45, 2.75) is 25.7 Å². The van der Waals surface area contributed by atoms with Crippen LogP contribution in [0.15, 0.2) is 53.6 Å². The summed E-state index contributed by atoms with van der Waals surface area (Å²) in [5.41, 5.74) is 3.71. The first-order chi connectivity index (χ1) is 14.1. The minimum Gasteiger partial charge on any atom is -0.748 e. The molecule has 2 aromatic rings. The predicted molar refractivity (Wildman–Crippen MR) is 118 cm³/mol. The summed E-state index contributed by atoms with van der Waals surface area (Å²) in [6.45, 7) is 4.66. The highest BCUT2D eigenvalue weighted by molar-refractivity contribution is 7.85. The maximum Gasteiger partial charge on any atom is 0.212 e. The lowest BCUT2D eigenvalue weighted by Gasteiger charge is -2.17. The topological polar surface area (TPSA) is 85.0 Å². The Bertz CT molecular complexity index is 1070. The monoisotopic (exact) mass is 429 g/mol. The van der Waals surface area contributed by atoms with Crippen LogP contribution in [0.5, 0.6) is 5.75 Å². The largest absolute Gasteiger partial charge is 0.748 e. The fourth-order valence-electron chi connectivity index (χ4n) is 3.72. The number of benzene rings is 2. The van der Waals surface area contributed by atoms with Crippen molar-refractivity contribution >= 4 is 33.4 Å². The van der Waals surface area contributed by atoms with Crippen molar-refractivity contribution in [3.63, 3.8) is 0 Å². The third-order valence-corrected chi connectivity index (χ3v) is 6.16. The average molecular weight is 430 g/mol. The molecule has 3 rings (SSSR count). The molecule has 2 aromatic carbocycles. The van der Waals surface area contributed by atoms with Crippen molar-refractivity contribution in [2.75, 3.05) is 31.5 Å². The molecule has 0 radical (unpaired) electrons. The SMILES string of the molecule is COc1ccc(N(C)/N=C/C2=[N+](CCCS(=O)(=O)[O-])c3ccccc3C2(C)C)cc1. The number of hydrogen-bond acceptors (Lipinski definition) is 6. The highest BCUT2D eigenvalue weighted by Crippen LogP contribution is 2.39. The lowest BCUT2D eigenvalue weighted by atomic mass is 9.82. The molecule has 160 valence electrons. The first-order valence-electron chi connectivity index (χ1n) is 9.73. The van der Waals surface area contributed by atoms with Gasteiger partial charge in [-0.15, -0.1) is 0 Å². The smallest absolute Gasteiger partial charge is 0.212 e. The molecule has 0 saturated carbocycles. The maximum absolute atomic E-state index is 11.1. The first-order valence-corrected chi connectivity index (χ1v) is 11.3.